The fourth-order valence-corrected chi connectivity index (χ4v) is 5.26. The number of amides is 1. The van der Waals surface area contributed by atoms with E-state index in [-0.39, 0.29) is 4.90 Å². The van der Waals surface area contributed by atoms with Crippen LogP contribution >= 0.6 is 11.3 Å². The van der Waals surface area contributed by atoms with E-state index in [1.807, 2.05) is 41.9 Å². The predicted octanol–water partition coefficient (Wildman–Crippen LogP) is 3.81. The highest BCUT2D eigenvalue weighted by Gasteiger charge is 2.21. The maximum Gasteiger partial charge on any atom is 0.279 e. The number of aromatic nitrogens is 1. The highest BCUT2D eigenvalue weighted by atomic mass is 32.2. The van der Waals surface area contributed by atoms with Crippen molar-refractivity contribution in [1.29, 1.82) is 0 Å². The molecule has 3 aromatic carbocycles. The average Bonchev–Trinajstić information content (AvgIpc) is 3.09. The summed E-state index contributed by atoms with van der Waals surface area (Å²) in [6.07, 6.45) is 0. The third-order valence-corrected chi connectivity index (χ3v) is 7.70. The number of rotatable bonds is 4. The molecule has 1 amide bonds. The molecule has 1 heterocycles. The molecule has 0 aliphatic heterocycles. The molecule has 0 saturated heterocycles. The maximum absolute atomic E-state index is 12.9. The molecule has 0 fully saturated rings. The first kappa shape index (κ1) is 20.1. The Morgan fingerprint density at radius 3 is 2.23 bits per heavy atom. The first-order chi connectivity index (χ1) is 14.4. The van der Waals surface area contributed by atoms with E-state index in [1.54, 1.807) is 24.3 Å². The Hall–Kier alpha value is -3.23. The summed E-state index contributed by atoms with van der Waals surface area (Å²) in [4.78, 5) is 17.5. The lowest BCUT2D eigenvalue weighted by Crippen LogP contribution is -2.26. The second kappa shape index (κ2) is 7.89. The van der Waals surface area contributed by atoms with Gasteiger partial charge in [-0.25, -0.2) is 8.42 Å². The number of fused-ring (bicyclic) bond motifs is 1. The Labute approximate surface area is 178 Å². The summed E-state index contributed by atoms with van der Waals surface area (Å²) in [5.41, 5.74) is 1.89. The van der Waals surface area contributed by atoms with E-state index in [0.29, 0.717) is 16.1 Å². The van der Waals surface area contributed by atoms with Gasteiger partial charge >= 0.3 is 0 Å². The zero-order chi connectivity index (χ0) is 21.3. The highest BCUT2D eigenvalue weighted by molar-refractivity contribution is 7.92. The van der Waals surface area contributed by atoms with Crippen LogP contribution in [0.15, 0.2) is 88.8 Å². The molecule has 0 unspecified atom stereocenters. The summed E-state index contributed by atoms with van der Waals surface area (Å²) in [6.45, 7) is 0. The number of thiazole rings is 1. The zero-order valence-corrected chi connectivity index (χ0v) is 18.0. The van der Waals surface area contributed by atoms with Crippen molar-refractivity contribution in [3.05, 3.63) is 89.2 Å². The van der Waals surface area contributed by atoms with Crippen LogP contribution < -0.4 is 9.11 Å². The standard InChI is InChI=1S/C22H19N3O3S2/c1-24-19-10-6-7-11-20(19)29-22(24)23-21(26)16-12-14-18(15-13-16)30(27,28)25(2)17-8-4-3-5-9-17/h3-15H,1-2H3. The largest absolute Gasteiger partial charge is 0.319 e. The number of hydrogen-bond acceptors (Lipinski definition) is 4. The Bertz CT molecular complexity index is 1390. The van der Waals surface area contributed by atoms with Crippen LogP contribution in [0.2, 0.25) is 0 Å². The zero-order valence-electron chi connectivity index (χ0n) is 16.4. The van der Waals surface area contributed by atoms with Crippen molar-refractivity contribution in [2.45, 2.75) is 4.90 Å². The van der Waals surface area contributed by atoms with Crippen molar-refractivity contribution < 1.29 is 13.2 Å². The van der Waals surface area contributed by atoms with Crippen LogP contribution in [-0.2, 0) is 17.1 Å². The number of sulfonamides is 1. The molecular formula is C22H19N3O3S2. The van der Waals surface area contributed by atoms with Gasteiger partial charge in [-0.1, -0.05) is 41.7 Å². The minimum atomic E-state index is -3.73. The van der Waals surface area contributed by atoms with E-state index in [1.165, 1.54) is 47.0 Å². The number of aryl methyl sites for hydroxylation is 1. The maximum atomic E-state index is 12.9. The molecule has 0 aliphatic carbocycles. The van der Waals surface area contributed by atoms with Crippen LogP contribution in [0.25, 0.3) is 10.2 Å². The molecule has 0 aliphatic rings. The van der Waals surface area contributed by atoms with Gasteiger partial charge in [-0.2, -0.15) is 4.99 Å². The van der Waals surface area contributed by atoms with Crippen LogP contribution in [0.1, 0.15) is 10.4 Å². The van der Waals surface area contributed by atoms with Crippen molar-refractivity contribution in [1.82, 2.24) is 4.57 Å². The van der Waals surface area contributed by atoms with Gasteiger partial charge in [0.05, 0.1) is 20.8 Å². The molecule has 6 nitrogen and oxygen atoms in total. The molecule has 0 radical (unpaired) electrons. The predicted molar refractivity (Wildman–Crippen MR) is 119 cm³/mol. The van der Waals surface area contributed by atoms with E-state index in [2.05, 4.69) is 4.99 Å². The SMILES string of the molecule is CN(c1ccccc1)S(=O)(=O)c1ccc(C(=O)N=c2sc3ccccc3n2C)cc1. The van der Waals surface area contributed by atoms with Crippen molar-refractivity contribution in [2.75, 3.05) is 11.4 Å². The van der Waals surface area contributed by atoms with Gasteiger partial charge in [0.2, 0.25) is 0 Å². The lowest BCUT2D eigenvalue weighted by molar-refractivity contribution is 0.0998. The Balaban J connectivity index is 1.63. The number of benzene rings is 3. The minimum Gasteiger partial charge on any atom is -0.319 e. The summed E-state index contributed by atoms with van der Waals surface area (Å²) in [5, 5.41) is 0. The van der Waals surface area contributed by atoms with E-state index in [4.69, 9.17) is 0 Å². The molecule has 152 valence electrons. The molecule has 0 N–H and O–H groups in total. The third-order valence-electron chi connectivity index (χ3n) is 4.79. The number of anilines is 1. The second-order valence-electron chi connectivity index (χ2n) is 6.66. The van der Waals surface area contributed by atoms with Crippen molar-refractivity contribution in [3.63, 3.8) is 0 Å². The summed E-state index contributed by atoms with van der Waals surface area (Å²) in [6, 6.07) is 22.5. The minimum absolute atomic E-state index is 0.109. The Morgan fingerprint density at radius 1 is 0.933 bits per heavy atom. The molecule has 0 saturated carbocycles. The molecular weight excluding hydrogens is 418 g/mol. The molecule has 4 rings (SSSR count). The van der Waals surface area contributed by atoms with Crippen LogP contribution in [0, 0.1) is 0 Å². The number of nitrogens with zero attached hydrogens (tertiary/aromatic N) is 3. The molecule has 4 aromatic rings. The van der Waals surface area contributed by atoms with Crippen molar-refractivity contribution in [3.8, 4) is 0 Å². The van der Waals surface area contributed by atoms with Crippen LogP contribution in [0.4, 0.5) is 5.69 Å². The van der Waals surface area contributed by atoms with Gasteiger partial charge in [-0.05, 0) is 48.5 Å². The lowest BCUT2D eigenvalue weighted by atomic mass is 10.2. The molecule has 30 heavy (non-hydrogen) atoms. The summed E-state index contributed by atoms with van der Waals surface area (Å²) >= 11 is 1.43. The second-order valence-corrected chi connectivity index (χ2v) is 9.64. The molecule has 0 atom stereocenters. The molecule has 0 bridgehead atoms. The number of para-hydroxylation sites is 2. The van der Waals surface area contributed by atoms with Gasteiger partial charge in [0.25, 0.3) is 15.9 Å². The van der Waals surface area contributed by atoms with E-state index in [9.17, 15) is 13.2 Å². The smallest absolute Gasteiger partial charge is 0.279 e. The molecule has 8 heteroatoms. The first-order valence-electron chi connectivity index (χ1n) is 9.15. The van der Waals surface area contributed by atoms with Gasteiger partial charge in [0.15, 0.2) is 4.80 Å². The monoisotopic (exact) mass is 437 g/mol. The lowest BCUT2D eigenvalue weighted by Gasteiger charge is -2.19. The van der Waals surface area contributed by atoms with Gasteiger partial charge in [0.1, 0.15) is 0 Å². The number of hydrogen-bond donors (Lipinski definition) is 0. The quantitative estimate of drug-likeness (QED) is 0.487. The van der Waals surface area contributed by atoms with Gasteiger partial charge in [-0.3, -0.25) is 9.10 Å². The van der Waals surface area contributed by atoms with E-state index < -0.39 is 15.9 Å². The number of carbonyl (C=O) groups excluding carboxylic acids is 1. The summed E-state index contributed by atoms with van der Waals surface area (Å²) in [5.74, 6) is -0.419. The van der Waals surface area contributed by atoms with Crippen LogP contribution in [0.3, 0.4) is 0 Å². The first-order valence-corrected chi connectivity index (χ1v) is 11.4. The van der Waals surface area contributed by atoms with Crippen LogP contribution in [0.5, 0.6) is 0 Å². The van der Waals surface area contributed by atoms with Gasteiger partial charge in [-0.15, -0.1) is 0 Å². The molecule has 1 aromatic heterocycles. The van der Waals surface area contributed by atoms with Crippen molar-refractivity contribution in [2.24, 2.45) is 12.0 Å². The van der Waals surface area contributed by atoms with E-state index >= 15 is 0 Å². The Morgan fingerprint density at radius 2 is 1.57 bits per heavy atom. The summed E-state index contributed by atoms with van der Waals surface area (Å²) in [7, 11) is -0.366. The fraction of sp³-hybridized carbons (Fsp3) is 0.0909. The topological polar surface area (TPSA) is 71.7 Å². The summed E-state index contributed by atoms with van der Waals surface area (Å²) < 4.78 is 29.8. The van der Waals surface area contributed by atoms with Crippen LogP contribution in [-0.4, -0.2) is 25.9 Å². The van der Waals surface area contributed by atoms with E-state index in [0.717, 1.165) is 10.2 Å². The molecule has 0 spiro atoms. The Kier molecular flexibility index (Phi) is 5.27. The normalized spacial score (nSPS) is 12.3. The highest BCUT2D eigenvalue weighted by Crippen LogP contribution is 2.22. The fourth-order valence-electron chi connectivity index (χ4n) is 3.04. The van der Waals surface area contributed by atoms with Gasteiger partial charge in [0, 0.05) is 19.7 Å². The van der Waals surface area contributed by atoms with Gasteiger partial charge < -0.3 is 4.57 Å². The third kappa shape index (κ3) is 3.67. The average molecular weight is 438 g/mol. The number of carbonyl (C=O) groups is 1. The van der Waals surface area contributed by atoms with Crippen molar-refractivity contribution >= 4 is 43.2 Å².